The van der Waals surface area contributed by atoms with E-state index in [4.69, 9.17) is 4.52 Å². The molecule has 3 aromatic rings. The summed E-state index contributed by atoms with van der Waals surface area (Å²) in [5.74, 6) is -0.135. The summed E-state index contributed by atoms with van der Waals surface area (Å²) >= 11 is 0. The van der Waals surface area contributed by atoms with Crippen molar-refractivity contribution in [2.24, 2.45) is 0 Å². The molecule has 1 heterocycles. The van der Waals surface area contributed by atoms with Gasteiger partial charge in [-0.05, 0) is 24.6 Å². The molecule has 0 spiro atoms. The number of carbonyl (C=O) groups is 1. The Bertz CT molecular complexity index is 1040. The van der Waals surface area contributed by atoms with Crippen molar-refractivity contribution >= 4 is 21.8 Å². The molecule has 0 bridgehead atoms. The Morgan fingerprint density at radius 3 is 2.54 bits per heavy atom. The highest BCUT2D eigenvalue weighted by atomic mass is 32.2. The lowest BCUT2D eigenvalue weighted by Crippen LogP contribution is -2.15. The van der Waals surface area contributed by atoms with Gasteiger partial charge in [-0.2, -0.15) is 0 Å². The molecule has 26 heavy (non-hydrogen) atoms. The molecule has 0 aliphatic rings. The van der Waals surface area contributed by atoms with Crippen LogP contribution in [0.4, 0.5) is 5.82 Å². The Balaban J connectivity index is 1.90. The number of esters is 1. The summed E-state index contributed by atoms with van der Waals surface area (Å²) in [5, 5.41) is 3.75. The molecule has 3 rings (SSSR count). The molecule has 2 aromatic carbocycles. The van der Waals surface area contributed by atoms with Gasteiger partial charge in [-0.3, -0.25) is 4.72 Å². The van der Waals surface area contributed by atoms with Crippen LogP contribution in [-0.4, -0.2) is 26.7 Å². The van der Waals surface area contributed by atoms with E-state index < -0.39 is 16.0 Å². The van der Waals surface area contributed by atoms with Crippen LogP contribution in [0, 0.1) is 6.92 Å². The van der Waals surface area contributed by atoms with E-state index >= 15 is 0 Å². The van der Waals surface area contributed by atoms with Gasteiger partial charge in [-0.1, -0.05) is 41.6 Å². The first-order chi connectivity index (χ1) is 12.4. The number of carbonyl (C=O) groups excluding carboxylic acids is 1. The minimum atomic E-state index is -3.96. The molecule has 0 saturated carbocycles. The maximum absolute atomic E-state index is 12.7. The molecule has 1 N–H and O–H groups in total. The summed E-state index contributed by atoms with van der Waals surface area (Å²) in [6.07, 6.45) is 0. The number of anilines is 1. The van der Waals surface area contributed by atoms with Crippen LogP contribution in [0.3, 0.4) is 0 Å². The van der Waals surface area contributed by atoms with Gasteiger partial charge in [0.15, 0.2) is 11.6 Å². The number of sulfonamides is 1. The molecule has 0 atom stereocenters. The Morgan fingerprint density at radius 2 is 1.85 bits per heavy atom. The van der Waals surface area contributed by atoms with Crippen molar-refractivity contribution in [1.82, 2.24) is 5.16 Å². The topological polar surface area (TPSA) is 98.5 Å². The Labute approximate surface area is 150 Å². The lowest BCUT2D eigenvalue weighted by atomic mass is 10.1. The van der Waals surface area contributed by atoms with Crippen LogP contribution in [0.5, 0.6) is 0 Å². The average Bonchev–Trinajstić information content (AvgIpc) is 3.09. The largest absolute Gasteiger partial charge is 0.465 e. The maximum atomic E-state index is 12.7. The number of ether oxygens (including phenoxy) is 1. The van der Waals surface area contributed by atoms with Crippen molar-refractivity contribution < 1.29 is 22.5 Å². The number of hydrogen-bond donors (Lipinski definition) is 1. The predicted octanol–water partition coefficient (Wildman–Crippen LogP) is 3.24. The molecule has 1 aromatic heterocycles. The van der Waals surface area contributed by atoms with Crippen molar-refractivity contribution in [1.29, 1.82) is 0 Å². The molecule has 0 aliphatic heterocycles. The summed E-state index contributed by atoms with van der Waals surface area (Å²) in [6.45, 7) is 1.63. The van der Waals surface area contributed by atoms with Gasteiger partial charge >= 0.3 is 5.97 Å². The molecule has 0 unspecified atom stereocenters. The second-order valence-corrected chi connectivity index (χ2v) is 7.17. The van der Waals surface area contributed by atoms with E-state index in [2.05, 4.69) is 14.6 Å². The van der Waals surface area contributed by atoms with Crippen LogP contribution in [0.25, 0.3) is 11.3 Å². The third kappa shape index (κ3) is 3.60. The van der Waals surface area contributed by atoms with Gasteiger partial charge in [0.25, 0.3) is 10.0 Å². The number of rotatable bonds is 5. The first kappa shape index (κ1) is 17.7. The zero-order valence-corrected chi connectivity index (χ0v) is 14.9. The molecule has 0 saturated heterocycles. The number of benzene rings is 2. The summed E-state index contributed by atoms with van der Waals surface area (Å²) in [5.41, 5.74) is 1.40. The van der Waals surface area contributed by atoms with E-state index in [0.717, 1.165) is 5.56 Å². The first-order valence-electron chi connectivity index (χ1n) is 7.64. The molecule has 0 fully saturated rings. The average molecular weight is 372 g/mol. The van der Waals surface area contributed by atoms with E-state index in [1.807, 2.05) is 30.3 Å². The van der Waals surface area contributed by atoms with Crippen LogP contribution in [0.15, 0.2) is 64.0 Å². The molecular weight excluding hydrogens is 356 g/mol. The third-order valence-electron chi connectivity index (χ3n) is 3.71. The highest BCUT2D eigenvalue weighted by Gasteiger charge is 2.21. The number of hydrogen-bond acceptors (Lipinski definition) is 6. The van der Waals surface area contributed by atoms with Crippen LogP contribution in [0.2, 0.25) is 0 Å². The lowest BCUT2D eigenvalue weighted by Gasteiger charge is -2.09. The molecule has 7 nitrogen and oxygen atoms in total. The number of aromatic nitrogens is 1. The zero-order chi connectivity index (χ0) is 18.7. The summed E-state index contributed by atoms with van der Waals surface area (Å²) in [4.78, 5) is 11.6. The Kier molecular flexibility index (Phi) is 4.77. The van der Waals surface area contributed by atoms with E-state index in [9.17, 15) is 13.2 Å². The first-order valence-corrected chi connectivity index (χ1v) is 9.13. The van der Waals surface area contributed by atoms with Crippen molar-refractivity contribution in [3.63, 3.8) is 0 Å². The van der Waals surface area contributed by atoms with E-state index in [1.165, 1.54) is 25.3 Å². The highest BCUT2D eigenvalue weighted by molar-refractivity contribution is 7.92. The lowest BCUT2D eigenvalue weighted by molar-refractivity contribution is 0.0600. The molecule has 0 amide bonds. The predicted molar refractivity (Wildman–Crippen MR) is 95.3 cm³/mol. The summed E-state index contributed by atoms with van der Waals surface area (Å²) in [7, 11) is -2.73. The van der Waals surface area contributed by atoms with E-state index in [-0.39, 0.29) is 16.3 Å². The highest BCUT2D eigenvalue weighted by Crippen LogP contribution is 2.25. The van der Waals surface area contributed by atoms with Crippen molar-refractivity contribution in [3.05, 3.63) is 65.7 Å². The molecule has 134 valence electrons. The summed E-state index contributed by atoms with van der Waals surface area (Å²) < 4.78 is 37.6. The van der Waals surface area contributed by atoms with Crippen LogP contribution in [0.1, 0.15) is 15.9 Å². The molecular formula is C18H16N2O5S. The number of nitrogens with zero attached hydrogens (tertiary/aromatic N) is 1. The van der Waals surface area contributed by atoms with Crippen molar-refractivity contribution in [2.45, 2.75) is 11.8 Å². The fourth-order valence-corrected chi connectivity index (χ4v) is 3.64. The minimum absolute atomic E-state index is 0.0374. The van der Waals surface area contributed by atoms with E-state index in [1.54, 1.807) is 13.0 Å². The fraction of sp³-hybridized carbons (Fsp3) is 0.111. The monoisotopic (exact) mass is 372 g/mol. The van der Waals surface area contributed by atoms with Crippen LogP contribution < -0.4 is 4.72 Å². The third-order valence-corrected chi connectivity index (χ3v) is 5.20. The fourth-order valence-electron chi connectivity index (χ4n) is 2.39. The molecule has 0 radical (unpaired) electrons. The van der Waals surface area contributed by atoms with Gasteiger partial charge in [-0.15, -0.1) is 0 Å². The van der Waals surface area contributed by atoms with Gasteiger partial charge in [0, 0.05) is 11.6 Å². The maximum Gasteiger partial charge on any atom is 0.337 e. The van der Waals surface area contributed by atoms with Gasteiger partial charge in [0.05, 0.1) is 17.6 Å². The zero-order valence-electron chi connectivity index (χ0n) is 14.1. The number of methoxy groups -OCH3 is 1. The van der Waals surface area contributed by atoms with Gasteiger partial charge in [0.1, 0.15) is 0 Å². The second-order valence-electron chi connectivity index (χ2n) is 5.52. The van der Waals surface area contributed by atoms with Gasteiger partial charge < -0.3 is 9.26 Å². The summed E-state index contributed by atoms with van der Waals surface area (Å²) in [6, 6.07) is 15.0. The van der Waals surface area contributed by atoms with Crippen molar-refractivity contribution in [3.8, 4) is 11.3 Å². The minimum Gasteiger partial charge on any atom is -0.465 e. The number of aryl methyl sites for hydroxylation is 1. The van der Waals surface area contributed by atoms with E-state index in [0.29, 0.717) is 11.3 Å². The molecule has 0 aliphatic carbocycles. The van der Waals surface area contributed by atoms with Gasteiger partial charge in [0.2, 0.25) is 0 Å². The normalized spacial score (nSPS) is 11.2. The number of nitrogens with one attached hydrogen (secondary N) is 1. The molecule has 8 heteroatoms. The Hall–Kier alpha value is -3.13. The van der Waals surface area contributed by atoms with Gasteiger partial charge in [-0.25, -0.2) is 13.2 Å². The van der Waals surface area contributed by atoms with Crippen LogP contribution >= 0.6 is 0 Å². The SMILES string of the molecule is COC(=O)c1ccc(C)c(S(=O)(=O)Nc2cc(-c3ccccc3)on2)c1. The standard InChI is InChI=1S/C18H16N2O5S/c1-12-8-9-14(18(21)24-2)10-16(12)26(22,23)20-17-11-15(25-19-17)13-6-4-3-5-7-13/h3-11H,1-2H3,(H,19,20). The van der Waals surface area contributed by atoms with Crippen molar-refractivity contribution in [2.75, 3.05) is 11.8 Å². The second kappa shape index (κ2) is 7.01. The smallest absolute Gasteiger partial charge is 0.337 e. The quantitative estimate of drug-likeness (QED) is 0.691. The Morgan fingerprint density at radius 1 is 1.12 bits per heavy atom. The van der Waals surface area contributed by atoms with Crippen LogP contribution in [-0.2, 0) is 14.8 Å².